The van der Waals surface area contributed by atoms with Crippen LogP contribution >= 0.6 is 0 Å². The molecule has 1 unspecified atom stereocenters. The molecule has 2 saturated heterocycles. The monoisotopic (exact) mass is 373 g/mol. The number of urea groups is 1. The Bertz CT molecular complexity index is 747. The quantitative estimate of drug-likeness (QED) is 0.737. The van der Waals surface area contributed by atoms with E-state index in [0.29, 0.717) is 24.1 Å². The van der Waals surface area contributed by atoms with E-state index in [-0.39, 0.29) is 37.4 Å². The predicted octanol–water partition coefficient (Wildman–Crippen LogP) is 1.60. The zero-order chi connectivity index (χ0) is 19.4. The van der Waals surface area contributed by atoms with Crippen LogP contribution in [0.2, 0.25) is 0 Å². The Morgan fingerprint density at radius 1 is 1.22 bits per heavy atom. The van der Waals surface area contributed by atoms with Crippen LogP contribution in [0.5, 0.6) is 0 Å². The van der Waals surface area contributed by atoms with E-state index < -0.39 is 12.0 Å². The van der Waals surface area contributed by atoms with Crippen LogP contribution in [0.1, 0.15) is 48.0 Å². The molecule has 0 saturated carbocycles. The number of nitrogens with one attached hydrogen (secondary N) is 1. The van der Waals surface area contributed by atoms with Gasteiger partial charge in [0.15, 0.2) is 0 Å². The highest BCUT2D eigenvalue weighted by molar-refractivity contribution is 6.02. The second kappa shape index (κ2) is 8.20. The van der Waals surface area contributed by atoms with E-state index in [4.69, 9.17) is 5.11 Å². The highest BCUT2D eigenvalue weighted by atomic mass is 16.4. The van der Waals surface area contributed by atoms with Gasteiger partial charge in [-0.25, -0.2) is 4.79 Å². The molecule has 1 aromatic carbocycles. The number of likely N-dealkylation sites (tertiary alicyclic amines) is 1. The summed E-state index contributed by atoms with van der Waals surface area (Å²) in [5.74, 6) is -1.28. The standard InChI is InChI=1S/C19H23N3O5/c23-16-11-20-19(27)22(16)12-13-4-3-5-14(10-13)18(26)21-9-2-1-6-15(21)7-8-17(24)25/h3-5,10,15H,1-2,6-9,11-12H2,(H,20,27)(H,24,25). The molecule has 2 heterocycles. The van der Waals surface area contributed by atoms with Crippen LogP contribution in [0.25, 0.3) is 0 Å². The van der Waals surface area contributed by atoms with Gasteiger partial charge < -0.3 is 15.3 Å². The first-order valence-electron chi connectivity index (χ1n) is 9.15. The summed E-state index contributed by atoms with van der Waals surface area (Å²) >= 11 is 0. The van der Waals surface area contributed by atoms with Gasteiger partial charge in [0, 0.05) is 24.6 Å². The molecular formula is C19H23N3O5. The first-order chi connectivity index (χ1) is 13.0. The van der Waals surface area contributed by atoms with Crippen molar-refractivity contribution in [3.05, 3.63) is 35.4 Å². The second-order valence-electron chi connectivity index (χ2n) is 6.92. The van der Waals surface area contributed by atoms with Gasteiger partial charge in [-0.2, -0.15) is 0 Å². The van der Waals surface area contributed by atoms with E-state index >= 15 is 0 Å². The van der Waals surface area contributed by atoms with Crippen LogP contribution in [0.3, 0.4) is 0 Å². The Morgan fingerprint density at radius 2 is 2.04 bits per heavy atom. The van der Waals surface area contributed by atoms with Crippen LogP contribution in [0, 0.1) is 0 Å². The lowest BCUT2D eigenvalue weighted by Crippen LogP contribution is -2.44. The summed E-state index contributed by atoms with van der Waals surface area (Å²) in [6.45, 7) is 0.727. The summed E-state index contributed by atoms with van der Waals surface area (Å²) in [7, 11) is 0. The van der Waals surface area contributed by atoms with Crippen LogP contribution < -0.4 is 5.32 Å². The lowest BCUT2D eigenvalue weighted by molar-refractivity contribution is -0.137. The van der Waals surface area contributed by atoms with Gasteiger partial charge >= 0.3 is 12.0 Å². The van der Waals surface area contributed by atoms with Crippen molar-refractivity contribution < 1.29 is 24.3 Å². The number of carboxylic acids is 1. The molecule has 0 radical (unpaired) electrons. The van der Waals surface area contributed by atoms with Crippen LogP contribution in [-0.4, -0.2) is 57.9 Å². The smallest absolute Gasteiger partial charge is 0.324 e. The molecule has 144 valence electrons. The van der Waals surface area contributed by atoms with E-state index in [1.54, 1.807) is 29.2 Å². The molecule has 0 spiro atoms. The number of aliphatic carboxylic acids is 1. The molecule has 8 nitrogen and oxygen atoms in total. The molecule has 4 amide bonds. The van der Waals surface area contributed by atoms with Crippen molar-refractivity contribution in [3.63, 3.8) is 0 Å². The lowest BCUT2D eigenvalue weighted by atomic mass is 9.96. The van der Waals surface area contributed by atoms with E-state index in [0.717, 1.165) is 24.2 Å². The molecule has 1 atom stereocenters. The maximum atomic E-state index is 13.0. The molecule has 2 aliphatic rings. The second-order valence-corrected chi connectivity index (χ2v) is 6.92. The molecule has 2 aliphatic heterocycles. The Labute approximate surface area is 157 Å². The first kappa shape index (κ1) is 18.9. The number of imide groups is 1. The number of rotatable bonds is 6. The minimum absolute atomic E-state index is 0.00348. The third kappa shape index (κ3) is 4.45. The number of piperidine rings is 1. The van der Waals surface area contributed by atoms with E-state index in [1.165, 1.54) is 0 Å². The van der Waals surface area contributed by atoms with E-state index in [9.17, 15) is 19.2 Å². The topological polar surface area (TPSA) is 107 Å². The fraction of sp³-hybridized carbons (Fsp3) is 0.474. The summed E-state index contributed by atoms with van der Waals surface area (Å²) in [5.41, 5.74) is 1.19. The molecule has 0 aromatic heterocycles. The molecule has 8 heteroatoms. The van der Waals surface area contributed by atoms with Crippen molar-refractivity contribution in [1.82, 2.24) is 15.1 Å². The molecular weight excluding hydrogens is 350 g/mol. The van der Waals surface area contributed by atoms with Gasteiger partial charge in [0.25, 0.3) is 5.91 Å². The minimum Gasteiger partial charge on any atom is -0.481 e. The molecule has 1 aromatic rings. The SMILES string of the molecule is O=C(O)CCC1CCCCN1C(=O)c1cccc(CN2C(=O)CNC2=O)c1. The molecule has 0 bridgehead atoms. The largest absolute Gasteiger partial charge is 0.481 e. The number of benzene rings is 1. The van der Waals surface area contributed by atoms with Crippen molar-refractivity contribution in [2.75, 3.05) is 13.1 Å². The zero-order valence-electron chi connectivity index (χ0n) is 15.0. The average Bonchev–Trinajstić information content (AvgIpc) is 2.98. The van der Waals surface area contributed by atoms with E-state index in [2.05, 4.69) is 5.32 Å². The highest BCUT2D eigenvalue weighted by Crippen LogP contribution is 2.23. The van der Waals surface area contributed by atoms with Gasteiger partial charge in [-0.3, -0.25) is 19.3 Å². The van der Waals surface area contributed by atoms with Crippen LogP contribution in [0.15, 0.2) is 24.3 Å². The summed E-state index contributed by atoms with van der Waals surface area (Å²) in [5, 5.41) is 11.4. The van der Waals surface area contributed by atoms with Gasteiger partial charge in [0.1, 0.15) is 0 Å². The zero-order valence-corrected chi connectivity index (χ0v) is 15.0. The summed E-state index contributed by atoms with van der Waals surface area (Å²) in [4.78, 5) is 50.2. The number of hydrogen-bond acceptors (Lipinski definition) is 4. The van der Waals surface area contributed by atoms with Gasteiger partial charge in [0.2, 0.25) is 5.91 Å². The Hall–Kier alpha value is -2.90. The number of carboxylic acid groups (broad SMARTS) is 1. The molecule has 2 N–H and O–H groups in total. The van der Waals surface area contributed by atoms with Crippen molar-refractivity contribution in [1.29, 1.82) is 0 Å². The van der Waals surface area contributed by atoms with Crippen molar-refractivity contribution in [2.45, 2.75) is 44.7 Å². The van der Waals surface area contributed by atoms with Crippen molar-refractivity contribution >= 4 is 23.8 Å². The fourth-order valence-corrected chi connectivity index (χ4v) is 3.62. The van der Waals surface area contributed by atoms with Gasteiger partial charge in [-0.1, -0.05) is 12.1 Å². The van der Waals surface area contributed by atoms with Gasteiger partial charge in [-0.15, -0.1) is 0 Å². The first-order valence-corrected chi connectivity index (χ1v) is 9.15. The minimum atomic E-state index is -0.858. The maximum Gasteiger partial charge on any atom is 0.324 e. The van der Waals surface area contributed by atoms with Crippen LogP contribution in [-0.2, 0) is 16.1 Å². The summed E-state index contributed by atoms with van der Waals surface area (Å²) in [6.07, 6.45) is 3.18. The van der Waals surface area contributed by atoms with Gasteiger partial charge in [-0.05, 0) is 43.4 Å². The Kier molecular flexibility index (Phi) is 5.73. The maximum absolute atomic E-state index is 13.0. The average molecular weight is 373 g/mol. The lowest BCUT2D eigenvalue weighted by Gasteiger charge is -2.35. The molecule has 0 aliphatic carbocycles. The third-order valence-corrected chi connectivity index (χ3v) is 5.03. The number of amides is 4. The normalized spacial score (nSPS) is 19.9. The number of nitrogens with zero attached hydrogens (tertiary/aromatic N) is 2. The number of carbonyl (C=O) groups excluding carboxylic acids is 3. The van der Waals surface area contributed by atoms with Crippen molar-refractivity contribution in [2.24, 2.45) is 0 Å². The summed E-state index contributed by atoms with van der Waals surface area (Å²) in [6, 6.07) is 6.41. The molecule has 2 fully saturated rings. The highest BCUT2D eigenvalue weighted by Gasteiger charge is 2.30. The van der Waals surface area contributed by atoms with Crippen LogP contribution in [0.4, 0.5) is 4.79 Å². The Morgan fingerprint density at radius 3 is 2.74 bits per heavy atom. The van der Waals surface area contributed by atoms with E-state index in [1.807, 2.05) is 0 Å². The van der Waals surface area contributed by atoms with Gasteiger partial charge in [0.05, 0.1) is 13.1 Å². The fourth-order valence-electron chi connectivity index (χ4n) is 3.62. The summed E-state index contributed by atoms with van der Waals surface area (Å²) < 4.78 is 0. The number of hydrogen-bond donors (Lipinski definition) is 2. The predicted molar refractivity (Wildman–Crippen MR) is 95.9 cm³/mol. The Balaban J connectivity index is 1.72. The molecule has 3 rings (SSSR count). The van der Waals surface area contributed by atoms with Crippen molar-refractivity contribution in [3.8, 4) is 0 Å². The third-order valence-electron chi connectivity index (χ3n) is 5.03. The molecule has 27 heavy (non-hydrogen) atoms. The number of carbonyl (C=O) groups is 4.